The van der Waals surface area contributed by atoms with Crippen LogP contribution in [0.2, 0.25) is 0 Å². The van der Waals surface area contributed by atoms with Crippen molar-refractivity contribution in [1.82, 2.24) is 9.80 Å². The molecular formula is C29H38N2O4. The number of amides is 1. The monoisotopic (exact) mass is 478 g/mol. The van der Waals surface area contributed by atoms with Gasteiger partial charge < -0.3 is 19.6 Å². The van der Waals surface area contributed by atoms with E-state index in [-0.39, 0.29) is 17.3 Å². The van der Waals surface area contributed by atoms with Gasteiger partial charge in [0.1, 0.15) is 11.5 Å². The smallest absolute Gasteiger partial charge is 0.295 e. The number of ketones is 1. The molecule has 1 saturated heterocycles. The first-order valence-corrected chi connectivity index (χ1v) is 12.4. The van der Waals surface area contributed by atoms with E-state index in [9.17, 15) is 14.7 Å². The summed E-state index contributed by atoms with van der Waals surface area (Å²) in [5.74, 6) is -0.456. The average Bonchev–Trinajstić information content (AvgIpc) is 3.08. The molecule has 35 heavy (non-hydrogen) atoms. The van der Waals surface area contributed by atoms with Gasteiger partial charge in [0.15, 0.2) is 0 Å². The number of ether oxygens (including phenoxy) is 1. The molecule has 1 unspecified atom stereocenters. The van der Waals surface area contributed by atoms with Gasteiger partial charge in [0.2, 0.25) is 0 Å². The van der Waals surface area contributed by atoms with Crippen LogP contribution in [0, 0.1) is 13.8 Å². The zero-order valence-corrected chi connectivity index (χ0v) is 22.0. The number of benzene rings is 2. The molecule has 3 rings (SSSR count). The fraction of sp³-hybridized carbons (Fsp3) is 0.448. The van der Waals surface area contributed by atoms with Gasteiger partial charge in [-0.05, 0) is 61.7 Å². The Balaban J connectivity index is 2.20. The highest BCUT2D eigenvalue weighted by Gasteiger charge is 2.46. The van der Waals surface area contributed by atoms with E-state index in [4.69, 9.17) is 4.74 Å². The molecule has 0 bridgehead atoms. The van der Waals surface area contributed by atoms with Gasteiger partial charge in [0, 0.05) is 18.7 Å². The number of carbonyl (C=O) groups excluding carboxylic acids is 2. The maximum absolute atomic E-state index is 13.4. The molecule has 0 saturated carbocycles. The predicted molar refractivity (Wildman–Crippen MR) is 140 cm³/mol. The number of hydrogen-bond acceptors (Lipinski definition) is 5. The molecule has 0 radical (unpaired) electrons. The summed E-state index contributed by atoms with van der Waals surface area (Å²) in [4.78, 5) is 30.5. The fourth-order valence-corrected chi connectivity index (χ4v) is 4.81. The van der Waals surface area contributed by atoms with E-state index in [0.717, 1.165) is 41.1 Å². The summed E-state index contributed by atoms with van der Waals surface area (Å²) in [5, 5.41) is 11.6. The summed E-state index contributed by atoms with van der Waals surface area (Å²) in [7, 11) is 1.62. The number of aliphatic hydroxyl groups excluding tert-OH is 1. The Morgan fingerprint density at radius 2 is 1.80 bits per heavy atom. The minimum absolute atomic E-state index is 0.137. The van der Waals surface area contributed by atoms with Gasteiger partial charge in [-0.25, -0.2) is 0 Å². The maximum Gasteiger partial charge on any atom is 0.295 e. The highest BCUT2D eigenvalue weighted by Crippen LogP contribution is 2.41. The Labute approximate surface area is 209 Å². The third kappa shape index (κ3) is 5.27. The number of aryl methyl sites for hydroxylation is 2. The molecule has 0 aromatic heterocycles. The number of likely N-dealkylation sites (N-methyl/N-ethyl adjacent to an activating group) is 1. The Morgan fingerprint density at radius 1 is 1.11 bits per heavy atom. The van der Waals surface area contributed by atoms with Crippen molar-refractivity contribution in [3.8, 4) is 5.75 Å². The first kappa shape index (κ1) is 26.5. The second-order valence-corrected chi connectivity index (χ2v) is 9.50. The molecular weight excluding hydrogens is 440 g/mol. The molecule has 1 heterocycles. The normalized spacial score (nSPS) is 17.6. The number of nitrogens with zero attached hydrogens (tertiary/aromatic N) is 2. The fourth-order valence-electron chi connectivity index (χ4n) is 4.81. The molecule has 6 heteroatoms. The second kappa shape index (κ2) is 11.1. The molecule has 1 aliphatic heterocycles. The Bertz CT molecular complexity index is 1130. The van der Waals surface area contributed by atoms with Crippen molar-refractivity contribution < 1.29 is 19.4 Å². The van der Waals surface area contributed by atoms with Crippen LogP contribution in [0.3, 0.4) is 0 Å². The highest BCUT2D eigenvalue weighted by atomic mass is 16.5. The van der Waals surface area contributed by atoms with Crippen LogP contribution in [0.1, 0.15) is 67.5 Å². The lowest BCUT2D eigenvalue weighted by Crippen LogP contribution is -2.38. The first-order valence-electron chi connectivity index (χ1n) is 12.4. The molecule has 1 N–H and O–H groups in total. The van der Waals surface area contributed by atoms with Gasteiger partial charge in [0.05, 0.1) is 18.7 Å². The largest absolute Gasteiger partial charge is 0.507 e. The number of carbonyl (C=O) groups is 2. The van der Waals surface area contributed by atoms with Crippen molar-refractivity contribution in [2.24, 2.45) is 0 Å². The van der Waals surface area contributed by atoms with E-state index in [0.29, 0.717) is 18.7 Å². The Morgan fingerprint density at radius 3 is 2.37 bits per heavy atom. The van der Waals surface area contributed by atoms with E-state index in [2.05, 4.69) is 32.6 Å². The minimum Gasteiger partial charge on any atom is -0.507 e. The summed E-state index contributed by atoms with van der Waals surface area (Å²) in [6.07, 6.45) is 0. The zero-order valence-electron chi connectivity index (χ0n) is 22.0. The lowest BCUT2D eigenvalue weighted by molar-refractivity contribution is -0.140. The van der Waals surface area contributed by atoms with Crippen LogP contribution >= 0.6 is 0 Å². The molecule has 2 aromatic carbocycles. The van der Waals surface area contributed by atoms with Crippen molar-refractivity contribution >= 4 is 17.4 Å². The van der Waals surface area contributed by atoms with Gasteiger partial charge in [-0.15, -0.1) is 0 Å². The molecule has 0 aliphatic carbocycles. The number of aliphatic hydroxyl groups is 1. The van der Waals surface area contributed by atoms with Gasteiger partial charge in [-0.1, -0.05) is 57.5 Å². The van der Waals surface area contributed by atoms with Gasteiger partial charge >= 0.3 is 0 Å². The minimum atomic E-state index is -0.644. The van der Waals surface area contributed by atoms with E-state index in [1.165, 1.54) is 0 Å². The van der Waals surface area contributed by atoms with Gasteiger partial charge in [-0.3, -0.25) is 9.59 Å². The summed E-state index contributed by atoms with van der Waals surface area (Å²) < 4.78 is 5.55. The van der Waals surface area contributed by atoms with E-state index < -0.39 is 17.7 Å². The molecule has 1 fully saturated rings. The van der Waals surface area contributed by atoms with Crippen molar-refractivity contribution in [2.45, 2.75) is 53.5 Å². The third-order valence-corrected chi connectivity index (χ3v) is 6.90. The number of rotatable bonds is 9. The van der Waals surface area contributed by atoms with Crippen LogP contribution in [0.15, 0.2) is 42.0 Å². The van der Waals surface area contributed by atoms with E-state index in [1.807, 2.05) is 50.2 Å². The summed E-state index contributed by atoms with van der Waals surface area (Å²) in [5.41, 5.74) is 4.25. The Hall–Kier alpha value is -3.12. The lowest BCUT2D eigenvalue weighted by Gasteiger charge is -2.28. The summed E-state index contributed by atoms with van der Waals surface area (Å²) in [6, 6.07) is 10.9. The van der Waals surface area contributed by atoms with Crippen LogP contribution < -0.4 is 4.74 Å². The van der Waals surface area contributed by atoms with Crippen LogP contribution in [-0.4, -0.2) is 59.9 Å². The topological polar surface area (TPSA) is 70.1 Å². The number of Topliss-reactive ketones (excluding diaryl/α,β-unsaturated/α-hetero) is 1. The summed E-state index contributed by atoms with van der Waals surface area (Å²) >= 11 is 0. The molecule has 2 aromatic rings. The maximum atomic E-state index is 13.4. The second-order valence-electron chi connectivity index (χ2n) is 9.50. The number of hydrogen-bond donors (Lipinski definition) is 1. The lowest BCUT2D eigenvalue weighted by atomic mass is 9.90. The summed E-state index contributed by atoms with van der Waals surface area (Å²) in [6.45, 7) is 14.9. The molecule has 1 aliphatic rings. The average molecular weight is 479 g/mol. The van der Waals surface area contributed by atoms with Crippen LogP contribution in [0.25, 0.3) is 5.76 Å². The molecule has 6 nitrogen and oxygen atoms in total. The van der Waals surface area contributed by atoms with Gasteiger partial charge in [-0.2, -0.15) is 0 Å². The standard InChI is InChI=1S/C29H38N2O4/c1-8-30(9-2)13-14-31-26(21-12-10-11-19(5)15-21)25(28(33)29(31)34)27(32)23-17-22(18(3)4)24(35-7)16-20(23)6/h10-12,15-18,26,32H,8-9,13-14H2,1-7H3/b27-25+. The van der Waals surface area contributed by atoms with Crippen LogP contribution in [-0.2, 0) is 9.59 Å². The van der Waals surface area contributed by atoms with E-state index in [1.54, 1.807) is 12.0 Å². The van der Waals surface area contributed by atoms with E-state index >= 15 is 0 Å². The zero-order chi connectivity index (χ0) is 25.9. The third-order valence-electron chi connectivity index (χ3n) is 6.90. The molecule has 1 atom stereocenters. The molecule has 1 amide bonds. The molecule has 188 valence electrons. The number of likely N-dealkylation sites (tertiary alicyclic amines) is 1. The van der Waals surface area contributed by atoms with Crippen molar-refractivity contribution in [3.63, 3.8) is 0 Å². The highest BCUT2D eigenvalue weighted by molar-refractivity contribution is 6.46. The van der Waals surface area contributed by atoms with Crippen molar-refractivity contribution in [3.05, 3.63) is 69.8 Å². The first-order chi connectivity index (χ1) is 16.6. The van der Waals surface area contributed by atoms with Crippen LogP contribution in [0.4, 0.5) is 0 Å². The predicted octanol–water partition coefficient (Wildman–Crippen LogP) is 5.20. The Kier molecular flexibility index (Phi) is 8.39. The quantitative estimate of drug-likeness (QED) is 0.305. The number of methoxy groups -OCH3 is 1. The SMILES string of the molecule is CCN(CC)CCN1C(=O)C(=O)/C(=C(/O)c2cc(C(C)C)c(OC)cc2C)C1c1cccc(C)c1. The van der Waals surface area contributed by atoms with Gasteiger partial charge in [0.25, 0.3) is 11.7 Å². The van der Waals surface area contributed by atoms with Crippen molar-refractivity contribution in [2.75, 3.05) is 33.3 Å². The van der Waals surface area contributed by atoms with Crippen molar-refractivity contribution in [1.29, 1.82) is 0 Å². The van der Waals surface area contributed by atoms with Crippen LogP contribution in [0.5, 0.6) is 5.75 Å². The molecule has 0 spiro atoms.